The molecule has 0 unspecified atom stereocenters. The molecule has 7 nitrogen and oxygen atoms in total. The number of halogens is 1. The van der Waals surface area contributed by atoms with Crippen molar-refractivity contribution in [1.82, 2.24) is 14.8 Å². The Morgan fingerprint density at radius 3 is 2.58 bits per heavy atom. The molecule has 1 saturated heterocycles. The molecule has 4 aromatic rings. The standard InChI is InChI=1S/C25H20ClN5O2/c26-20-6-4-5-18(15-20)23-10-9-22(33-23)16-19(17-27)24-28-29-25(30-11-13-32-14-12-30)31(24)21-7-2-1-3-8-21/h1-10,15-16H,11-14H2. The van der Waals surface area contributed by atoms with Gasteiger partial charge in [0.15, 0.2) is 5.82 Å². The zero-order valence-electron chi connectivity index (χ0n) is 17.7. The lowest BCUT2D eigenvalue weighted by Crippen LogP contribution is -2.38. The van der Waals surface area contributed by atoms with Gasteiger partial charge < -0.3 is 14.1 Å². The van der Waals surface area contributed by atoms with E-state index in [1.54, 1.807) is 6.08 Å². The fraction of sp³-hybridized carbons (Fsp3) is 0.160. The van der Waals surface area contributed by atoms with Crippen LogP contribution in [0.25, 0.3) is 28.7 Å². The van der Waals surface area contributed by atoms with Gasteiger partial charge >= 0.3 is 0 Å². The number of allylic oxidation sites excluding steroid dienone is 1. The molecule has 0 radical (unpaired) electrons. The summed E-state index contributed by atoms with van der Waals surface area (Å²) in [6.07, 6.45) is 1.68. The van der Waals surface area contributed by atoms with Crippen LogP contribution in [-0.4, -0.2) is 41.1 Å². The van der Waals surface area contributed by atoms with E-state index in [9.17, 15) is 5.26 Å². The van der Waals surface area contributed by atoms with Gasteiger partial charge in [-0.3, -0.25) is 4.57 Å². The molecule has 164 valence electrons. The minimum Gasteiger partial charge on any atom is -0.457 e. The third-order valence-electron chi connectivity index (χ3n) is 5.34. The van der Waals surface area contributed by atoms with E-state index in [1.165, 1.54) is 0 Å². The van der Waals surface area contributed by atoms with Crippen molar-refractivity contribution in [3.8, 4) is 23.1 Å². The van der Waals surface area contributed by atoms with E-state index in [-0.39, 0.29) is 0 Å². The first-order chi connectivity index (χ1) is 16.2. The lowest BCUT2D eigenvalue weighted by atomic mass is 10.2. The number of nitriles is 1. The number of hydrogen-bond acceptors (Lipinski definition) is 6. The number of rotatable bonds is 5. The summed E-state index contributed by atoms with van der Waals surface area (Å²) in [5.74, 6) is 2.34. The van der Waals surface area contributed by atoms with Crippen LogP contribution in [0.2, 0.25) is 5.02 Å². The van der Waals surface area contributed by atoms with Crippen molar-refractivity contribution in [1.29, 1.82) is 5.26 Å². The average molecular weight is 458 g/mol. The quantitative estimate of drug-likeness (QED) is 0.389. The normalized spacial score (nSPS) is 14.3. The van der Waals surface area contributed by atoms with E-state index in [4.69, 9.17) is 20.8 Å². The highest BCUT2D eigenvalue weighted by Gasteiger charge is 2.23. The van der Waals surface area contributed by atoms with Gasteiger partial charge in [0.2, 0.25) is 5.95 Å². The third-order valence-corrected chi connectivity index (χ3v) is 5.57. The SMILES string of the molecule is N#CC(=Cc1ccc(-c2cccc(Cl)c2)o1)c1nnc(N2CCOCC2)n1-c1ccccc1. The summed E-state index contributed by atoms with van der Waals surface area (Å²) in [5.41, 5.74) is 2.08. The van der Waals surface area contributed by atoms with Gasteiger partial charge in [-0.2, -0.15) is 5.26 Å². The van der Waals surface area contributed by atoms with Crippen LogP contribution in [0.15, 0.2) is 71.1 Å². The second kappa shape index (κ2) is 9.33. The molecule has 1 aliphatic heterocycles. The molecule has 33 heavy (non-hydrogen) atoms. The summed E-state index contributed by atoms with van der Waals surface area (Å²) in [6, 6.07) is 23.1. The van der Waals surface area contributed by atoms with Crippen LogP contribution in [0.5, 0.6) is 0 Å². The predicted octanol–water partition coefficient (Wildman–Crippen LogP) is 5.08. The Morgan fingerprint density at radius 1 is 1.00 bits per heavy atom. The van der Waals surface area contributed by atoms with Gasteiger partial charge in [-0.15, -0.1) is 10.2 Å². The molecule has 0 amide bonds. The summed E-state index contributed by atoms with van der Waals surface area (Å²) in [6.45, 7) is 2.66. The minimum atomic E-state index is 0.345. The van der Waals surface area contributed by atoms with Crippen LogP contribution < -0.4 is 4.90 Å². The second-order valence-corrected chi connectivity index (χ2v) is 7.91. The van der Waals surface area contributed by atoms with E-state index in [0.717, 1.165) is 11.3 Å². The molecular formula is C25H20ClN5O2. The maximum atomic E-state index is 10.00. The van der Waals surface area contributed by atoms with E-state index < -0.39 is 0 Å². The monoisotopic (exact) mass is 457 g/mol. The van der Waals surface area contributed by atoms with Crippen LogP contribution in [0.4, 0.5) is 5.95 Å². The van der Waals surface area contributed by atoms with Gasteiger partial charge in [-0.05, 0) is 36.4 Å². The van der Waals surface area contributed by atoms with Crippen LogP contribution in [0.3, 0.4) is 0 Å². The van der Waals surface area contributed by atoms with Gasteiger partial charge in [-0.1, -0.05) is 41.9 Å². The van der Waals surface area contributed by atoms with E-state index in [0.29, 0.717) is 60.2 Å². The Balaban J connectivity index is 1.56. The smallest absolute Gasteiger partial charge is 0.232 e. The molecule has 5 rings (SSSR count). The molecule has 0 spiro atoms. The highest BCUT2D eigenvalue weighted by molar-refractivity contribution is 6.30. The predicted molar refractivity (Wildman–Crippen MR) is 127 cm³/mol. The van der Waals surface area contributed by atoms with Crippen LogP contribution in [0.1, 0.15) is 11.6 Å². The van der Waals surface area contributed by atoms with E-state index in [2.05, 4.69) is 21.2 Å². The Labute approximate surface area is 196 Å². The Kier molecular flexibility index (Phi) is 5.94. The highest BCUT2D eigenvalue weighted by Crippen LogP contribution is 2.29. The molecular weight excluding hydrogens is 438 g/mol. The summed E-state index contributed by atoms with van der Waals surface area (Å²) >= 11 is 6.10. The zero-order chi connectivity index (χ0) is 22.6. The van der Waals surface area contributed by atoms with Crippen molar-refractivity contribution in [3.63, 3.8) is 0 Å². The molecule has 0 aliphatic carbocycles. The lowest BCUT2D eigenvalue weighted by Gasteiger charge is -2.28. The van der Waals surface area contributed by atoms with Crippen molar-refractivity contribution >= 4 is 29.2 Å². The highest BCUT2D eigenvalue weighted by atomic mass is 35.5. The number of para-hydroxylation sites is 1. The van der Waals surface area contributed by atoms with Gasteiger partial charge in [0.1, 0.15) is 23.2 Å². The molecule has 1 fully saturated rings. The molecule has 8 heteroatoms. The number of ether oxygens (including phenoxy) is 1. The first kappa shape index (κ1) is 21.0. The van der Waals surface area contributed by atoms with Crippen molar-refractivity contribution in [2.45, 2.75) is 0 Å². The largest absolute Gasteiger partial charge is 0.457 e. The van der Waals surface area contributed by atoms with Crippen molar-refractivity contribution in [2.75, 3.05) is 31.2 Å². The Hall–Kier alpha value is -3.86. The minimum absolute atomic E-state index is 0.345. The molecule has 2 aromatic carbocycles. The summed E-state index contributed by atoms with van der Waals surface area (Å²) in [7, 11) is 0. The number of hydrogen-bond donors (Lipinski definition) is 0. The number of morpholine rings is 1. The number of aromatic nitrogens is 3. The third kappa shape index (κ3) is 4.40. The maximum Gasteiger partial charge on any atom is 0.232 e. The first-order valence-electron chi connectivity index (χ1n) is 10.5. The van der Waals surface area contributed by atoms with Gasteiger partial charge in [0, 0.05) is 29.8 Å². The Morgan fingerprint density at radius 2 is 1.82 bits per heavy atom. The molecule has 0 atom stereocenters. The summed E-state index contributed by atoms with van der Waals surface area (Å²) in [4.78, 5) is 2.12. The zero-order valence-corrected chi connectivity index (χ0v) is 18.4. The van der Waals surface area contributed by atoms with Crippen molar-refractivity contribution in [3.05, 3.63) is 83.3 Å². The van der Waals surface area contributed by atoms with Gasteiger partial charge in [-0.25, -0.2) is 0 Å². The van der Waals surface area contributed by atoms with E-state index >= 15 is 0 Å². The number of furan rings is 1. The Bertz CT molecular complexity index is 1330. The van der Waals surface area contributed by atoms with Crippen LogP contribution in [-0.2, 0) is 4.74 Å². The number of nitrogens with zero attached hydrogens (tertiary/aromatic N) is 5. The van der Waals surface area contributed by atoms with Crippen LogP contribution >= 0.6 is 11.6 Å². The van der Waals surface area contributed by atoms with Gasteiger partial charge in [0.05, 0.1) is 18.9 Å². The molecule has 0 saturated carbocycles. The van der Waals surface area contributed by atoms with E-state index in [1.807, 2.05) is 71.3 Å². The van der Waals surface area contributed by atoms with Crippen LogP contribution in [0, 0.1) is 11.3 Å². The summed E-state index contributed by atoms with van der Waals surface area (Å²) in [5, 5.41) is 19.5. The van der Waals surface area contributed by atoms with Crippen molar-refractivity contribution < 1.29 is 9.15 Å². The van der Waals surface area contributed by atoms with Gasteiger partial charge in [0.25, 0.3) is 0 Å². The molecule has 0 N–H and O–H groups in total. The number of anilines is 1. The molecule has 3 heterocycles. The topological polar surface area (TPSA) is 80.1 Å². The maximum absolute atomic E-state index is 10.00. The molecule has 0 bridgehead atoms. The molecule has 2 aromatic heterocycles. The first-order valence-corrected chi connectivity index (χ1v) is 10.9. The van der Waals surface area contributed by atoms with Crippen molar-refractivity contribution in [2.24, 2.45) is 0 Å². The average Bonchev–Trinajstić information content (AvgIpc) is 3.51. The second-order valence-electron chi connectivity index (χ2n) is 7.48. The molecule has 1 aliphatic rings. The fourth-order valence-corrected chi connectivity index (χ4v) is 3.94. The fourth-order valence-electron chi connectivity index (χ4n) is 3.75. The lowest BCUT2D eigenvalue weighted by molar-refractivity contribution is 0.122. The number of benzene rings is 2. The summed E-state index contributed by atoms with van der Waals surface area (Å²) < 4.78 is 13.4.